The highest BCUT2D eigenvalue weighted by atomic mass is 19.4. The number of para-hydroxylation sites is 1. The van der Waals surface area contributed by atoms with Crippen LogP contribution in [0.4, 0.5) is 13.2 Å². The second kappa shape index (κ2) is 6.48. The number of nitrogens with zero attached hydrogens (tertiary/aromatic N) is 1. The van der Waals surface area contributed by atoms with Crippen LogP contribution in [0.2, 0.25) is 0 Å². The first-order chi connectivity index (χ1) is 9.48. The average molecular weight is 287 g/mol. The van der Waals surface area contributed by atoms with Crippen LogP contribution < -0.4 is 4.74 Å². The summed E-state index contributed by atoms with van der Waals surface area (Å²) in [4.78, 5) is 2.27. The van der Waals surface area contributed by atoms with E-state index in [0.717, 1.165) is 25.5 Å². The largest absolute Gasteiger partial charge is 0.493 e. The van der Waals surface area contributed by atoms with Gasteiger partial charge in [0.05, 0.1) is 12.2 Å². The van der Waals surface area contributed by atoms with E-state index in [2.05, 4.69) is 11.9 Å². The summed E-state index contributed by atoms with van der Waals surface area (Å²) in [6, 6.07) is 5.80. The predicted molar refractivity (Wildman–Crippen MR) is 71.8 cm³/mol. The minimum absolute atomic E-state index is 0.0709. The molecule has 0 saturated carbocycles. The molecular weight excluding hydrogens is 267 g/mol. The van der Waals surface area contributed by atoms with Gasteiger partial charge in [0.25, 0.3) is 0 Å². The molecule has 1 aromatic rings. The van der Waals surface area contributed by atoms with E-state index in [4.69, 9.17) is 4.74 Å². The van der Waals surface area contributed by atoms with E-state index in [9.17, 15) is 13.2 Å². The molecule has 1 heterocycles. The molecule has 1 saturated heterocycles. The van der Waals surface area contributed by atoms with Gasteiger partial charge in [0, 0.05) is 6.04 Å². The molecule has 0 amide bonds. The standard InChI is InChI=1S/C15H20F3NO/c1-19-10-5-4-6-12(19)9-11-20-14-8-3-2-7-13(14)15(16,17)18/h2-3,7-8,12H,4-6,9-11H2,1H3. The molecule has 0 aromatic heterocycles. The third kappa shape index (κ3) is 3.88. The molecular formula is C15H20F3NO. The molecule has 1 atom stereocenters. The zero-order valence-electron chi connectivity index (χ0n) is 11.6. The lowest BCUT2D eigenvalue weighted by atomic mass is 10.0. The van der Waals surface area contributed by atoms with Gasteiger partial charge in [-0.25, -0.2) is 0 Å². The highest BCUT2D eigenvalue weighted by Gasteiger charge is 2.34. The number of benzene rings is 1. The summed E-state index contributed by atoms with van der Waals surface area (Å²) in [5.74, 6) is -0.0709. The first-order valence-corrected chi connectivity index (χ1v) is 6.98. The summed E-state index contributed by atoms with van der Waals surface area (Å²) in [7, 11) is 2.06. The SMILES string of the molecule is CN1CCCCC1CCOc1ccccc1C(F)(F)F. The molecule has 5 heteroatoms. The fraction of sp³-hybridized carbons (Fsp3) is 0.600. The molecule has 20 heavy (non-hydrogen) atoms. The zero-order chi connectivity index (χ0) is 14.6. The molecule has 1 fully saturated rings. The number of rotatable bonds is 4. The van der Waals surface area contributed by atoms with Crippen LogP contribution in [-0.4, -0.2) is 31.1 Å². The molecule has 2 nitrogen and oxygen atoms in total. The van der Waals surface area contributed by atoms with Gasteiger partial charge in [0.15, 0.2) is 0 Å². The van der Waals surface area contributed by atoms with Crippen molar-refractivity contribution in [1.82, 2.24) is 4.90 Å². The van der Waals surface area contributed by atoms with Crippen LogP contribution in [0.25, 0.3) is 0 Å². The normalized spacial score (nSPS) is 20.9. The molecule has 0 aliphatic carbocycles. The number of halogens is 3. The Bertz CT molecular complexity index is 433. The van der Waals surface area contributed by atoms with Crippen molar-refractivity contribution < 1.29 is 17.9 Å². The van der Waals surface area contributed by atoms with Crippen LogP contribution in [0.3, 0.4) is 0 Å². The van der Waals surface area contributed by atoms with Crippen LogP contribution in [-0.2, 0) is 6.18 Å². The number of alkyl halides is 3. The maximum absolute atomic E-state index is 12.8. The summed E-state index contributed by atoms with van der Waals surface area (Å²) in [5, 5.41) is 0. The van der Waals surface area contributed by atoms with Crippen LogP contribution in [0, 0.1) is 0 Å². The summed E-state index contributed by atoms with van der Waals surface area (Å²) >= 11 is 0. The van der Waals surface area contributed by atoms with Gasteiger partial charge in [-0.1, -0.05) is 18.6 Å². The topological polar surface area (TPSA) is 12.5 Å². The van der Waals surface area contributed by atoms with Crippen molar-refractivity contribution in [3.63, 3.8) is 0 Å². The van der Waals surface area contributed by atoms with E-state index in [1.807, 2.05) is 0 Å². The van der Waals surface area contributed by atoms with E-state index >= 15 is 0 Å². The van der Waals surface area contributed by atoms with Crippen LogP contribution in [0.15, 0.2) is 24.3 Å². The monoisotopic (exact) mass is 287 g/mol. The smallest absolute Gasteiger partial charge is 0.419 e. The Labute approximate surface area is 117 Å². The molecule has 2 rings (SSSR count). The lowest BCUT2D eigenvalue weighted by Crippen LogP contribution is -2.37. The van der Waals surface area contributed by atoms with Gasteiger partial charge in [-0.05, 0) is 45.0 Å². The molecule has 1 aliphatic heterocycles. The van der Waals surface area contributed by atoms with Crippen LogP contribution in [0.1, 0.15) is 31.2 Å². The van der Waals surface area contributed by atoms with Crippen molar-refractivity contribution in [1.29, 1.82) is 0 Å². The lowest BCUT2D eigenvalue weighted by molar-refractivity contribution is -0.139. The van der Waals surface area contributed by atoms with E-state index < -0.39 is 11.7 Å². The van der Waals surface area contributed by atoms with Crippen LogP contribution >= 0.6 is 0 Å². The Morgan fingerprint density at radius 1 is 1.25 bits per heavy atom. The van der Waals surface area contributed by atoms with Crippen molar-refractivity contribution in [3.8, 4) is 5.75 Å². The third-order valence-corrected chi connectivity index (χ3v) is 3.82. The number of hydrogen-bond donors (Lipinski definition) is 0. The van der Waals surface area contributed by atoms with Crippen molar-refractivity contribution >= 4 is 0 Å². The molecule has 112 valence electrons. The first-order valence-electron chi connectivity index (χ1n) is 6.98. The second-order valence-electron chi connectivity index (χ2n) is 5.26. The summed E-state index contributed by atoms with van der Waals surface area (Å²) in [6.45, 7) is 1.38. The van der Waals surface area contributed by atoms with E-state index in [0.29, 0.717) is 12.6 Å². The van der Waals surface area contributed by atoms with E-state index in [1.165, 1.54) is 25.0 Å². The van der Waals surface area contributed by atoms with E-state index in [-0.39, 0.29) is 5.75 Å². The predicted octanol–water partition coefficient (Wildman–Crippen LogP) is 3.96. The molecule has 0 radical (unpaired) electrons. The maximum Gasteiger partial charge on any atom is 0.419 e. The number of hydrogen-bond acceptors (Lipinski definition) is 2. The van der Waals surface area contributed by atoms with Gasteiger partial charge in [0.1, 0.15) is 5.75 Å². The Balaban J connectivity index is 1.91. The molecule has 0 N–H and O–H groups in total. The lowest BCUT2D eigenvalue weighted by Gasteiger charge is -2.32. The Morgan fingerprint density at radius 2 is 2.00 bits per heavy atom. The Morgan fingerprint density at radius 3 is 2.70 bits per heavy atom. The van der Waals surface area contributed by atoms with Gasteiger partial charge in [-0.3, -0.25) is 0 Å². The molecule has 1 aromatic carbocycles. The summed E-state index contributed by atoms with van der Waals surface area (Å²) in [5.41, 5.74) is -0.697. The number of piperidine rings is 1. The molecule has 1 aliphatic rings. The van der Waals surface area contributed by atoms with Gasteiger partial charge in [0.2, 0.25) is 0 Å². The fourth-order valence-electron chi connectivity index (χ4n) is 2.64. The highest BCUT2D eigenvalue weighted by molar-refractivity contribution is 5.35. The molecule has 1 unspecified atom stereocenters. The van der Waals surface area contributed by atoms with Crippen molar-refractivity contribution in [2.45, 2.75) is 37.9 Å². The van der Waals surface area contributed by atoms with Crippen molar-refractivity contribution in [2.24, 2.45) is 0 Å². The van der Waals surface area contributed by atoms with Crippen LogP contribution in [0.5, 0.6) is 5.75 Å². The average Bonchev–Trinajstić information content (AvgIpc) is 2.40. The molecule has 0 spiro atoms. The second-order valence-corrected chi connectivity index (χ2v) is 5.26. The van der Waals surface area contributed by atoms with Crippen molar-refractivity contribution in [2.75, 3.05) is 20.2 Å². The van der Waals surface area contributed by atoms with E-state index in [1.54, 1.807) is 6.07 Å². The van der Waals surface area contributed by atoms with Gasteiger partial charge in [-0.15, -0.1) is 0 Å². The minimum atomic E-state index is -4.36. The van der Waals surface area contributed by atoms with Gasteiger partial charge in [-0.2, -0.15) is 13.2 Å². The first kappa shape index (κ1) is 15.2. The van der Waals surface area contributed by atoms with Gasteiger partial charge >= 0.3 is 6.18 Å². The maximum atomic E-state index is 12.8. The highest BCUT2D eigenvalue weighted by Crippen LogP contribution is 2.36. The number of ether oxygens (including phenoxy) is 1. The van der Waals surface area contributed by atoms with Crippen molar-refractivity contribution in [3.05, 3.63) is 29.8 Å². The Kier molecular flexibility index (Phi) is 4.91. The fourth-order valence-corrected chi connectivity index (χ4v) is 2.64. The zero-order valence-corrected chi connectivity index (χ0v) is 11.6. The molecule has 0 bridgehead atoms. The minimum Gasteiger partial charge on any atom is -0.493 e. The number of likely N-dealkylation sites (tertiary alicyclic amines) is 1. The summed E-state index contributed by atoms with van der Waals surface area (Å²) < 4.78 is 43.8. The third-order valence-electron chi connectivity index (χ3n) is 3.82. The Hall–Kier alpha value is -1.23. The summed E-state index contributed by atoms with van der Waals surface area (Å²) in [6.07, 6.45) is -0.111. The van der Waals surface area contributed by atoms with Gasteiger partial charge < -0.3 is 9.64 Å². The quantitative estimate of drug-likeness (QED) is 0.831.